The molecule has 9 heteroatoms. The molecule has 1 heterocycles. The van der Waals surface area contributed by atoms with Gasteiger partial charge in [0, 0.05) is 31.4 Å². The minimum atomic E-state index is -0.995. The molecule has 1 unspecified atom stereocenters. The van der Waals surface area contributed by atoms with Gasteiger partial charge in [0.05, 0.1) is 29.8 Å². The number of carbonyl (C=O) groups is 2. The summed E-state index contributed by atoms with van der Waals surface area (Å²) in [6.45, 7) is 2.67. The molecule has 168 valence electrons. The van der Waals surface area contributed by atoms with Gasteiger partial charge in [0.15, 0.2) is 0 Å². The van der Waals surface area contributed by atoms with E-state index in [1.165, 1.54) is 30.2 Å². The van der Waals surface area contributed by atoms with E-state index in [4.69, 9.17) is 9.47 Å². The molecule has 1 atom stereocenters. The average molecular weight is 440 g/mol. The van der Waals surface area contributed by atoms with Gasteiger partial charge in [-0.05, 0) is 24.1 Å². The highest BCUT2D eigenvalue weighted by molar-refractivity contribution is 6.46. The second kappa shape index (κ2) is 10.1. The number of ether oxygens (including phenoxy) is 2. The van der Waals surface area contributed by atoms with E-state index < -0.39 is 22.7 Å². The van der Waals surface area contributed by atoms with Crippen molar-refractivity contribution in [3.8, 4) is 5.75 Å². The molecule has 1 N–H and O–H groups in total. The number of benzene rings is 2. The van der Waals surface area contributed by atoms with Gasteiger partial charge in [0.1, 0.15) is 11.5 Å². The van der Waals surface area contributed by atoms with Crippen LogP contribution in [0.1, 0.15) is 30.5 Å². The summed E-state index contributed by atoms with van der Waals surface area (Å²) >= 11 is 0. The lowest BCUT2D eigenvalue weighted by molar-refractivity contribution is -0.384. The van der Waals surface area contributed by atoms with E-state index in [0.717, 1.165) is 6.42 Å². The van der Waals surface area contributed by atoms with Crippen LogP contribution in [0, 0.1) is 10.1 Å². The third-order valence-corrected chi connectivity index (χ3v) is 5.05. The zero-order chi connectivity index (χ0) is 23.3. The van der Waals surface area contributed by atoms with Crippen molar-refractivity contribution in [2.45, 2.75) is 19.4 Å². The molecule has 0 saturated carbocycles. The largest absolute Gasteiger partial charge is 0.507 e. The quantitative estimate of drug-likeness (QED) is 0.208. The van der Waals surface area contributed by atoms with E-state index in [1.54, 1.807) is 30.3 Å². The topological polar surface area (TPSA) is 119 Å². The molecule has 9 nitrogen and oxygen atoms in total. The van der Waals surface area contributed by atoms with Crippen LogP contribution in [0.15, 0.2) is 54.1 Å². The van der Waals surface area contributed by atoms with Crippen molar-refractivity contribution < 1.29 is 29.1 Å². The first-order valence-corrected chi connectivity index (χ1v) is 10.1. The zero-order valence-electron chi connectivity index (χ0n) is 17.8. The summed E-state index contributed by atoms with van der Waals surface area (Å²) in [5.74, 6) is -1.54. The molecule has 1 saturated heterocycles. The van der Waals surface area contributed by atoms with Gasteiger partial charge in [-0.25, -0.2) is 0 Å². The Balaban J connectivity index is 2.14. The van der Waals surface area contributed by atoms with E-state index in [-0.39, 0.29) is 30.2 Å². The molecular weight excluding hydrogens is 416 g/mol. The highest BCUT2D eigenvalue weighted by atomic mass is 16.6. The van der Waals surface area contributed by atoms with Crippen LogP contribution in [-0.4, -0.2) is 53.5 Å². The van der Waals surface area contributed by atoms with E-state index in [1.807, 2.05) is 6.92 Å². The number of aliphatic hydroxyl groups is 1. The first-order chi connectivity index (χ1) is 15.4. The summed E-state index contributed by atoms with van der Waals surface area (Å²) < 4.78 is 10.7. The Morgan fingerprint density at radius 3 is 2.59 bits per heavy atom. The molecule has 1 aliphatic rings. The lowest BCUT2D eigenvalue weighted by atomic mass is 9.95. The fourth-order valence-electron chi connectivity index (χ4n) is 3.56. The molecule has 0 bridgehead atoms. The van der Waals surface area contributed by atoms with E-state index in [9.17, 15) is 24.8 Å². The fraction of sp³-hybridized carbons (Fsp3) is 0.304. The molecule has 0 radical (unpaired) electrons. The maximum Gasteiger partial charge on any atom is 0.295 e. The number of nitro groups is 1. The number of ketones is 1. The van der Waals surface area contributed by atoms with Gasteiger partial charge >= 0.3 is 0 Å². The molecule has 0 spiro atoms. The van der Waals surface area contributed by atoms with Crippen molar-refractivity contribution in [1.82, 2.24) is 4.90 Å². The molecule has 1 aliphatic heterocycles. The predicted molar refractivity (Wildman–Crippen MR) is 116 cm³/mol. The molecule has 0 aliphatic carbocycles. The van der Waals surface area contributed by atoms with Crippen molar-refractivity contribution in [1.29, 1.82) is 0 Å². The first kappa shape index (κ1) is 23.0. The third-order valence-electron chi connectivity index (χ3n) is 5.05. The summed E-state index contributed by atoms with van der Waals surface area (Å²) in [6, 6.07) is 11.2. The molecule has 2 aromatic carbocycles. The van der Waals surface area contributed by atoms with Gasteiger partial charge in [0.2, 0.25) is 0 Å². The average Bonchev–Trinajstić information content (AvgIpc) is 3.06. The summed E-state index contributed by atoms with van der Waals surface area (Å²) in [6.07, 6.45) is 0.799. The molecule has 0 aromatic heterocycles. The maximum atomic E-state index is 12.9. The minimum Gasteiger partial charge on any atom is -0.507 e. The van der Waals surface area contributed by atoms with Gasteiger partial charge in [-0.1, -0.05) is 31.2 Å². The van der Waals surface area contributed by atoms with Crippen LogP contribution in [0.5, 0.6) is 5.75 Å². The minimum absolute atomic E-state index is 0.0743. The highest BCUT2D eigenvalue weighted by Crippen LogP contribution is 2.40. The van der Waals surface area contributed by atoms with Crippen molar-refractivity contribution in [3.05, 3.63) is 75.3 Å². The van der Waals surface area contributed by atoms with Crippen LogP contribution < -0.4 is 4.74 Å². The van der Waals surface area contributed by atoms with Crippen molar-refractivity contribution >= 4 is 23.1 Å². The molecule has 3 rings (SSSR count). The third kappa shape index (κ3) is 4.62. The summed E-state index contributed by atoms with van der Waals surface area (Å²) in [7, 11) is 1.46. The number of likely N-dealkylation sites (tertiary alicyclic amines) is 1. The molecule has 1 fully saturated rings. The summed E-state index contributed by atoms with van der Waals surface area (Å²) in [4.78, 5) is 37.7. The Hall–Kier alpha value is -3.72. The molecule has 1 amide bonds. The Labute approximate surface area is 185 Å². The smallest absolute Gasteiger partial charge is 0.295 e. The van der Waals surface area contributed by atoms with Crippen molar-refractivity contribution in [2.24, 2.45) is 0 Å². The van der Waals surface area contributed by atoms with E-state index in [0.29, 0.717) is 23.5 Å². The lowest BCUT2D eigenvalue weighted by Crippen LogP contribution is -2.32. The van der Waals surface area contributed by atoms with Gasteiger partial charge in [-0.3, -0.25) is 19.7 Å². The van der Waals surface area contributed by atoms with E-state index >= 15 is 0 Å². The lowest BCUT2D eigenvalue weighted by Gasteiger charge is -2.25. The molecular formula is C23H24N2O7. The number of aliphatic hydroxyl groups excluding tert-OH is 1. The maximum absolute atomic E-state index is 12.9. The monoisotopic (exact) mass is 440 g/mol. The second-order valence-electron chi connectivity index (χ2n) is 7.21. The normalized spacial score (nSPS) is 17.6. The first-order valence-electron chi connectivity index (χ1n) is 10.1. The Bertz CT molecular complexity index is 1060. The van der Waals surface area contributed by atoms with Crippen molar-refractivity contribution in [2.75, 3.05) is 26.9 Å². The standard InChI is InChI=1S/C23H24N2O7/c1-3-11-32-18-9-5-7-16(14-18)21(26)19-20(15-6-4-8-17(13-15)25(29)30)24(10-12-31-2)23(28)22(19)27/h4-9,13-14,20,26H,3,10-12H2,1-2H3. The number of nitrogens with zero attached hydrogens (tertiary/aromatic N) is 2. The van der Waals surface area contributed by atoms with Crippen LogP contribution in [0.2, 0.25) is 0 Å². The highest BCUT2D eigenvalue weighted by Gasteiger charge is 2.46. The van der Waals surface area contributed by atoms with Crippen LogP contribution in [0.4, 0.5) is 5.69 Å². The van der Waals surface area contributed by atoms with Crippen LogP contribution in [0.25, 0.3) is 5.76 Å². The predicted octanol–water partition coefficient (Wildman–Crippen LogP) is 3.45. The Morgan fingerprint density at radius 1 is 1.16 bits per heavy atom. The Morgan fingerprint density at radius 2 is 1.91 bits per heavy atom. The van der Waals surface area contributed by atoms with Gasteiger partial charge in [-0.2, -0.15) is 0 Å². The molecule has 2 aromatic rings. The number of methoxy groups -OCH3 is 1. The number of hydrogen-bond donors (Lipinski definition) is 1. The number of Topliss-reactive ketones (excluding diaryl/α,β-unsaturated/α-hetero) is 1. The molecule has 32 heavy (non-hydrogen) atoms. The van der Waals surface area contributed by atoms with Crippen LogP contribution >= 0.6 is 0 Å². The van der Waals surface area contributed by atoms with Gasteiger partial charge in [-0.15, -0.1) is 0 Å². The number of nitro benzene ring substituents is 1. The van der Waals surface area contributed by atoms with Gasteiger partial charge in [0.25, 0.3) is 17.4 Å². The number of non-ortho nitro benzene ring substituents is 1. The fourth-order valence-corrected chi connectivity index (χ4v) is 3.56. The summed E-state index contributed by atoms with van der Waals surface area (Å²) in [5.41, 5.74) is 0.322. The zero-order valence-corrected chi connectivity index (χ0v) is 17.8. The second-order valence-corrected chi connectivity index (χ2v) is 7.21. The SMILES string of the molecule is CCCOc1cccc(C(O)=C2C(=O)C(=O)N(CCOC)C2c2cccc([N+](=O)[O-])c2)c1. The Kier molecular flexibility index (Phi) is 7.21. The van der Waals surface area contributed by atoms with Crippen molar-refractivity contribution in [3.63, 3.8) is 0 Å². The van der Waals surface area contributed by atoms with Gasteiger partial charge < -0.3 is 19.5 Å². The van der Waals surface area contributed by atoms with Crippen LogP contribution in [-0.2, 0) is 14.3 Å². The number of hydrogen-bond acceptors (Lipinski definition) is 7. The number of carbonyl (C=O) groups excluding carboxylic acids is 2. The van der Waals surface area contributed by atoms with E-state index in [2.05, 4.69) is 0 Å². The summed E-state index contributed by atoms with van der Waals surface area (Å²) in [5, 5.41) is 22.3. The van der Waals surface area contributed by atoms with Crippen LogP contribution in [0.3, 0.4) is 0 Å². The number of amides is 1. The number of rotatable bonds is 9.